The Morgan fingerprint density at radius 1 is 1.00 bits per heavy atom. The van der Waals surface area contributed by atoms with Crippen molar-refractivity contribution in [3.8, 4) is 5.75 Å². The molecule has 7 nitrogen and oxygen atoms in total. The number of ether oxygens (including phenoxy) is 1. The first-order chi connectivity index (χ1) is 13.6. The van der Waals surface area contributed by atoms with Crippen LogP contribution in [-0.4, -0.2) is 11.5 Å². The largest absolute Gasteiger partial charge is 0.492 e. The first-order valence-corrected chi connectivity index (χ1v) is 8.92. The van der Waals surface area contributed by atoms with Crippen LogP contribution < -0.4 is 10.4 Å². The minimum absolute atomic E-state index is 0.146. The summed E-state index contributed by atoms with van der Waals surface area (Å²) in [5, 5.41) is 12.6. The van der Waals surface area contributed by atoms with Crippen LogP contribution in [-0.2, 0) is 6.42 Å². The zero-order valence-corrected chi connectivity index (χ0v) is 14.9. The van der Waals surface area contributed by atoms with Gasteiger partial charge in [-0.05, 0) is 31.4 Å². The van der Waals surface area contributed by atoms with E-state index in [1.165, 1.54) is 12.1 Å². The molecule has 0 aliphatic rings. The van der Waals surface area contributed by atoms with Crippen molar-refractivity contribution in [3.05, 3.63) is 80.9 Å². The molecule has 0 radical (unpaired) electrons. The highest BCUT2D eigenvalue weighted by Crippen LogP contribution is 2.35. The number of benzene rings is 2. The van der Waals surface area contributed by atoms with Gasteiger partial charge in [-0.2, -0.15) is 0 Å². The van der Waals surface area contributed by atoms with Crippen molar-refractivity contribution in [1.82, 2.24) is 0 Å². The lowest BCUT2D eigenvalue weighted by atomic mass is 10.1. The standard InChI is InChI=1S/C21H17NO6/c23-20-9-8-15-19(28-20)13-18-16(10-12-26-18)21(15)27-11-4-3-6-14-5-1-2-7-17(14)22(24)25/h1-2,5,7-10,12-13H,3-4,6,11H2. The summed E-state index contributed by atoms with van der Waals surface area (Å²) in [4.78, 5) is 22.2. The summed E-state index contributed by atoms with van der Waals surface area (Å²) in [6, 6.07) is 13.3. The Hall–Kier alpha value is -3.61. The quantitative estimate of drug-likeness (QED) is 0.197. The van der Waals surface area contributed by atoms with E-state index >= 15 is 0 Å². The first kappa shape index (κ1) is 17.8. The molecule has 28 heavy (non-hydrogen) atoms. The van der Waals surface area contributed by atoms with Gasteiger partial charge < -0.3 is 13.6 Å². The van der Waals surface area contributed by atoms with E-state index in [4.69, 9.17) is 13.6 Å². The van der Waals surface area contributed by atoms with Crippen molar-refractivity contribution in [2.45, 2.75) is 19.3 Å². The van der Waals surface area contributed by atoms with E-state index in [-0.39, 0.29) is 10.6 Å². The lowest BCUT2D eigenvalue weighted by molar-refractivity contribution is -0.385. The molecule has 7 heteroatoms. The fourth-order valence-corrected chi connectivity index (χ4v) is 3.26. The number of para-hydroxylation sites is 1. The molecule has 0 aliphatic carbocycles. The van der Waals surface area contributed by atoms with Crippen LogP contribution in [0, 0.1) is 10.1 Å². The molecule has 0 saturated heterocycles. The van der Waals surface area contributed by atoms with E-state index < -0.39 is 5.63 Å². The molecule has 0 N–H and O–H groups in total. The fourth-order valence-electron chi connectivity index (χ4n) is 3.26. The van der Waals surface area contributed by atoms with E-state index in [0.29, 0.717) is 35.3 Å². The Morgan fingerprint density at radius 3 is 2.68 bits per heavy atom. The van der Waals surface area contributed by atoms with E-state index in [1.54, 1.807) is 36.6 Å². The maximum atomic E-state index is 11.5. The lowest BCUT2D eigenvalue weighted by Gasteiger charge is -2.10. The number of hydrogen-bond donors (Lipinski definition) is 0. The molecule has 0 amide bonds. The highest BCUT2D eigenvalue weighted by molar-refractivity contribution is 6.01. The highest BCUT2D eigenvalue weighted by atomic mass is 16.6. The molecule has 0 atom stereocenters. The lowest BCUT2D eigenvalue weighted by Crippen LogP contribution is -2.02. The van der Waals surface area contributed by atoms with Crippen molar-refractivity contribution in [2.24, 2.45) is 0 Å². The molecule has 0 spiro atoms. The summed E-state index contributed by atoms with van der Waals surface area (Å²) < 4.78 is 16.7. The average molecular weight is 379 g/mol. The summed E-state index contributed by atoms with van der Waals surface area (Å²) in [6.45, 7) is 0.430. The van der Waals surface area contributed by atoms with Gasteiger partial charge in [0.05, 0.1) is 28.6 Å². The maximum Gasteiger partial charge on any atom is 0.336 e. The van der Waals surface area contributed by atoms with Crippen molar-refractivity contribution in [3.63, 3.8) is 0 Å². The molecule has 4 rings (SSSR count). The summed E-state index contributed by atoms with van der Waals surface area (Å²) >= 11 is 0. The highest BCUT2D eigenvalue weighted by Gasteiger charge is 2.14. The monoisotopic (exact) mass is 379 g/mol. The number of aryl methyl sites for hydroxylation is 1. The van der Waals surface area contributed by atoms with Gasteiger partial charge in [0.1, 0.15) is 16.9 Å². The molecule has 0 aliphatic heterocycles. The second-order valence-corrected chi connectivity index (χ2v) is 6.40. The number of fused-ring (bicyclic) bond motifs is 2. The molecule has 0 bridgehead atoms. The average Bonchev–Trinajstić information content (AvgIpc) is 3.15. The van der Waals surface area contributed by atoms with Gasteiger partial charge in [0.25, 0.3) is 5.69 Å². The Kier molecular flexibility index (Phi) is 4.80. The van der Waals surface area contributed by atoms with Gasteiger partial charge in [0.2, 0.25) is 0 Å². The summed E-state index contributed by atoms with van der Waals surface area (Å²) in [5.41, 5.74) is 1.42. The van der Waals surface area contributed by atoms with Crippen molar-refractivity contribution in [1.29, 1.82) is 0 Å². The normalized spacial score (nSPS) is 11.1. The van der Waals surface area contributed by atoms with E-state index in [1.807, 2.05) is 6.07 Å². The van der Waals surface area contributed by atoms with Gasteiger partial charge in [-0.3, -0.25) is 10.1 Å². The van der Waals surface area contributed by atoms with Gasteiger partial charge in [0.15, 0.2) is 0 Å². The zero-order valence-electron chi connectivity index (χ0n) is 14.9. The van der Waals surface area contributed by atoms with Crippen molar-refractivity contribution >= 4 is 27.6 Å². The van der Waals surface area contributed by atoms with Crippen LogP contribution in [0.1, 0.15) is 18.4 Å². The summed E-state index contributed by atoms with van der Waals surface area (Å²) in [6.07, 6.45) is 3.63. The van der Waals surface area contributed by atoms with Gasteiger partial charge in [-0.1, -0.05) is 18.2 Å². The smallest absolute Gasteiger partial charge is 0.336 e. The molecule has 2 aromatic carbocycles. The molecular formula is C21H17NO6. The molecule has 142 valence electrons. The van der Waals surface area contributed by atoms with Gasteiger partial charge in [-0.15, -0.1) is 0 Å². The van der Waals surface area contributed by atoms with Crippen LogP contribution in [0.4, 0.5) is 5.69 Å². The third-order valence-electron chi connectivity index (χ3n) is 4.58. The van der Waals surface area contributed by atoms with E-state index in [0.717, 1.165) is 23.8 Å². The van der Waals surface area contributed by atoms with Crippen LogP contribution >= 0.6 is 0 Å². The number of nitrogens with zero attached hydrogens (tertiary/aromatic N) is 1. The van der Waals surface area contributed by atoms with Crippen LogP contribution in [0.5, 0.6) is 5.75 Å². The van der Waals surface area contributed by atoms with Crippen LogP contribution in [0.15, 0.2) is 68.4 Å². The number of rotatable bonds is 7. The maximum absolute atomic E-state index is 11.5. The summed E-state index contributed by atoms with van der Waals surface area (Å²) in [5.74, 6) is 0.607. The second kappa shape index (κ2) is 7.56. The number of furan rings is 1. The third-order valence-corrected chi connectivity index (χ3v) is 4.58. The SMILES string of the molecule is O=c1ccc2c(OCCCCc3ccccc3[N+](=O)[O-])c3ccoc3cc2o1. The van der Waals surface area contributed by atoms with E-state index in [2.05, 4.69) is 0 Å². The number of hydrogen-bond acceptors (Lipinski definition) is 6. The predicted molar refractivity (Wildman–Crippen MR) is 104 cm³/mol. The Balaban J connectivity index is 1.47. The van der Waals surface area contributed by atoms with Crippen LogP contribution in [0.25, 0.3) is 21.9 Å². The summed E-state index contributed by atoms with van der Waals surface area (Å²) in [7, 11) is 0. The molecule has 0 fully saturated rings. The Labute approximate surface area is 159 Å². The Morgan fingerprint density at radius 2 is 1.82 bits per heavy atom. The fraction of sp³-hybridized carbons (Fsp3) is 0.190. The van der Waals surface area contributed by atoms with Gasteiger partial charge in [-0.25, -0.2) is 4.79 Å². The predicted octanol–water partition coefficient (Wildman–Crippen LogP) is 4.85. The number of unbranched alkanes of at least 4 members (excludes halogenated alkanes) is 1. The number of nitro benzene ring substituents is 1. The first-order valence-electron chi connectivity index (χ1n) is 8.92. The molecule has 0 saturated carbocycles. The number of nitro groups is 1. The molecule has 2 heterocycles. The zero-order chi connectivity index (χ0) is 19.5. The molecule has 0 unspecified atom stereocenters. The topological polar surface area (TPSA) is 95.7 Å². The van der Waals surface area contributed by atoms with Crippen LogP contribution in [0.2, 0.25) is 0 Å². The minimum atomic E-state index is -0.436. The molecular weight excluding hydrogens is 362 g/mol. The molecule has 4 aromatic rings. The second-order valence-electron chi connectivity index (χ2n) is 6.40. The third kappa shape index (κ3) is 3.46. The van der Waals surface area contributed by atoms with E-state index in [9.17, 15) is 14.9 Å². The minimum Gasteiger partial charge on any atom is -0.492 e. The van der Waals surface area contributed by atoms with Crippen molar-refractivity contribution in [2.75, 3.05) is 6.61 Å². The van der Waals surface area contributed by atoms with Crippen molar-refractivity contribution < 1.29 is 18.5 Å². The van der Waals surface area contributed by atoms with Gasteiger partial charge in [0, 0.05) is 23.8 Å². The van der Waals surface area contributed by atoms with Crippen LogP contribution in [0.3, 0.4) is 0 Å². The Bertz CT molecular complexity index is 1210. The molecule has 2 aromatic heterocycles. The van der Waals surface area contributed by atoms with Gasteiger partial charge >= 0.3 is 5.63 Å².